The van der Waals surface area contributed by atoms with Crippen molar-refractivity contribution in [3.8, 4) is 6.07 Å². The molecule has 0 aliphatic carbocycles. The Morgan fingerprint density at radius 1 is 1.78 bits per heavy atom. The van der Waals surface area contributed by atoms with Gasteiger partial charge in [0.2, 0.25) is 0 Å². The number of hydrogen-bond acceptors (Lipinski definition) is 2. The number of nitrogens with zero attached hydrogens (tertiary/aromatic N) is 1. The van der Waals surface area contributed by atoms with Gasteiger partial charge in [-0.15, -0.1) is 11.3 Å². The average Bonchev–Trinajstić information content (AvgIpc) is 2.34. The maximum atomic E-state index is 8.41. The molecule has 0 saturated carbocycles. The van der Waals surface area contributed by atoms with E-state index < -0.39 is 0 Å². The molecule has 0 aromatic carbocycles. The topological polar surface area (TPSA) is 23.8 Å². The average molecular weight is 137 g/mol. The minimum absolute atomic E-state index is 0.812. The van der Waals surface area contributed by atoms with Crippen LogP contribution in [0.15, 0.2) is 11.4 Å². The smallest absolute Gasteiger partial charge is 0.110 e. The van der Waals surface area contributed by atoms with Gasteiger partial charge in [0, 0.05) is 0 Å². The van der Waals surface area contributed by atoms with Crippen LogP contribution in [0.25, 0.3) is 0 Å². The Kier molecular flexibility index (Phi) is 1.86. The van der Waals surface area contributed by atoms with Crippen molar-refractivity contribution in [2.24, 2.45) is 0 Å². The van der Waals surface area contributed by atoms with Crippen LogP contribution in [-0.2, 0) is 6.42 Å². The number of nitriles is 1. The van der Waals surface area contributed by atoms with Gasteiger partial charge in [-0.05, 0) is 23.4 Å². The van der Waals surface area contributed by atoms with E-state index in [4.69, 9.17) is 5.26 Å². The fourth-order valence-electron chi connectivity index (χ4n) is 0.620. The van der Waals surface area contributed by atoms with Crippen LogP contribution in [0.5, 0.6) is 0 Å². The summed E-state index contributed by atoms with van der Waals surface area (Å²) >= 11 is 1.51. The predicted molar refractivity (Wildman–Crippen MR) is 38.4 cm³/mol. The van der Waals surface area contributed by atoms with Gasteiger partial charge in [0.15, 0.2) is 0 Å². The molecule has 0 saturated heterocycles. The maximum Gasteiger partial charge on any atom is 0.110 e. The lowest BCUT2D eigenvalue weighted by Gasteiger charge is -1.79. The van der Waals surface area contributed by atoms with Crippen molar-refractivity contribution >= 4 is 11.3 Å². The predicted octanol–water partition coefficient (Wildman–Crippen LogP) is 2.18. The molecule has 0 fully saturated rings. The quantitative estimate of drug-likeness (QED) is 0.582. The van der Waals surface area contributed by atoms with Gasteiger partial charge in [-0.3, -0.25) is 0 Å². The highest BCUT2D eigenvalue weighted by Crippen LogP contribution is 2.12. The van der Waals surface area contributed by atoms with E-state index in [1.807, 2.05) is 11.4 Å². The summed E-state index contributed by atoms with van der Waals surface area (Å²) in [7, 11) is 0. The monoisotopic (exact) mass is 137 g/mol. The standard InChI is InChI=1S/C7H7NS/c1-2-6-3-7(4-8)9-5-6/h3,5H,2H2,1H3. The molecule has 0 unspecified atom stereocenters. The second-order valence-electron chi connectivity index (χ2n) is 1.78. The number of thiophene rings is 1. The van der Waals surface area contributed by atoms with Crippen LogP contribution in [0.2, 0.25) is 0 Å². The molecule has 0 amide bonds. The molecular weight excluding hydrogens is 130 g/mol. The summed E-state index contributed by atoms with van der Waals surface area (Å²) in [5.74, 6) is 0. The summed E-state index contributed by atoms with van der Waals surface area (Å²) in [5, 5.41) is 10.4. The molecule has 1 rings (SSSR count). The van der Waals surface area contributed by atoms with E-state index in [9.17, 15) is 0 Å². The molecule has 0 bridgehead atoms. The third kappa shape index (κ3) is 1.30. The van der Waals surface area contributed by atoms with Crippen LogP contribution in [0.3, 0.4) is 0 Å². The minimum Gasteiger partial charge on any atom is -0.192 e. The van der Waals surface area contributed by atoms with E-state index >= 15 is 0 Å². The summed E-state index contributed by atoms with van der Waals surface area (Å²) in [6.07, 6.45) is 1.03. The molecule has 0 atom stereocenters. The van der Waals surface area contributed by atoms with E-state index in [1.54, 1.807) is 0 Å². The molecule has 0 aliphatic rings. The Morgan fingerprint density at radius 3 is 2.89 bits per heavy atom. The second-order valence-corrected chi connectivity index (χ2v) is 2.70. The molecular formula is C7H7NS. The van der Waals surface area contributed by atoms with Crippen molar-refractivity contribution in [3.05, 3.63) is 21.9 Å². The Balaban J connectivity index is 2.90. The molecule has 0 N–H and O–H groups in total. The number of hydrogen-bond donors (Lipinski definition) is 0. The summed E-state index contributed by atoms with van der Waals surface area (Å²) in [4.78, 5) is 0.812. The first-order valence-electron chi connectivity index (χ1n) is 2.84. The first-order chi connectivity index (χ1) is 4.36. The molecule has 0 aliphatic heterocycles. The second kappa shape index (κ2) is 2.65. The van der Waals surface area contributed by atoms with E-state index in [0.717, 1.165) is 11.3 Å². The van der Waals surface area contributed by atoms with Gasteiger partial charge in [0.25, 0.3) is 0 Å². The normalized spacial score (nSPS) is 8.89. The molecule has 1 aromatic heterocycles. The highest BCUT2D eigenvalue weighted by Gasteiger charge is 1.93. The van der Waals surface area contributed by atoms with Gasteiger partial charge in [-0.1, -0.05) is 6.92 Å². The van der Waals surface area contributed by atoms with Crippen molar-refractivity contribution < 1.29 is 0 Å². The lowest BCUT2D eigenvalue weighted by molar-refractivity contribution is 1.15. The van der Waals surface area contributed by atoms with Crippen LogP contribution in [-0.4, -0.2) is 0 Å². The van der Waals surface area contributed by atoms with Gasteiger partial charge in [-0.25, -0.2) is 0 Å². The lowest BCUT2D eigenvalue weighted by atomic mass is 10.2. The molecule has 9 heavy (non-hydrogen) atoms. The summed E-state index contributed by atoms with van der Waals surface area (Å²) in [6, 6.07) is 4.04. The van der Waals surface area contributed by atoms with Gasteiger partial charge < -0.3 is 0 Å². The highest BCUT2D eigenvalue weighted by molar-refractivity contribution is 7.10. The Labute approximate surface area is 58.6 Å². The lowest BCUT2D eigenvalue weighted by Crippen LogP contribution is -1.68. The Hall–Kier alpha value is -0.810. The van der Waals surface area contributed by atoms with Crippen molar-refractivity contribution in [1.29, 1.82) is 5.26 Å². The molecule has 46 valence electrons. The van der Waals surface area contributed by atoms with Crippen LogP contribution in [0.1, 0.15) is 17.4 Å². The summed E-state index contributed by atoms with van der Waals surface area (Å²) in [5.41, 5.74) is 1.26. The van der Waals surface area contributed by atoms with Crippen LogP contribution >= 0.6 is 11.3 Å². The fourth-order valence-corrected chi connectivity index (χ4v) is 1.40. The molecule has 0 radical (unpaired) electrons. The first-order valence-corrected chi connectivity index (χ1v) is 3.72. The summed E-state index contributed by atoms with van der Waals surface area (Å²) in [6.45, 7) is 2.09. The van der Waals surface area contributed by atoms with Crippen molar-refractivity contribution in [3.63, 3.8) is 0 Å². The van der Waals surface area contributed by atoms with Crippen molar-refractivity contribution in [1.82, 2.24) is 0 Å². The van der Waals surface area contributed by atoms with Gasteiger partial charge in [-0.2, -0.15) is 5.26 Å². The third-order valence-corrected chi connectivity index (χ3v) is 2.06. The van der Waals surface area contributed by atoms with Crippen molar-refractivity contribution in [2.45, 2.75) is 13.3 Å². The molecule has 1 aromatic rings. The van der Waals surface area contributed by atoms with Crippen LogP contribution in [0, 0.1) is 11.3 Å². The maximum absolute atomic E-state index is 8.41. The van der Waals surface area contributed by atoms with Crippen LogP contribution in [0.4, 0.5) is 0 Å². The SMILES string of the molecule is CCc1csc(C#N)c1. The highest BCUT2D eigenvalue weighted by atomic mass is 32.1. The Morgan fingerprint density at radius 2 is 2.56 bits per heavy atom. The van der Waals surface area contributed by atoms with Crippen LogP contribution < -0.4 is 0 Å². The van der Waals surface area contributed by atoms with Gasteiger partial charge in [0.1, 0.15) is 10.9 Å². The largest absolute Gasteiger partial charge is 0.192 e. The molecule has 1 heterocycles. The first kappa shape index (κ1) is 6.31. The number of rotatable bonds is 1. The zero-order valence-corrected chi connectivity index (χ0v) is 6.03. The minimum atomic E-state index is 0.812. The zero-order chi connectivity index (χ0) is 6.69. The molecule has 1 nitrogen and oxygen atoms in total. The molecule has 0 spiro atoms. The van der Waals surface area contributed by atoms with E-state index in [2.05, 4.69) is 13.0 Å². The fraction of sp³-hybridized carbons (Fsp3) is 0.286. The van der Waals surface area contributed by atoms with E-state index in [-0.39, 0.29) is 0 Å². The number of aryl methyl sites for hydroxylation is 1. The van der Waals surface area contributed by atoms with Gasteiger partial charge >= 0.3 is 0 Å². The third-order valence-electron chi connectivity index (χ3n) is 1.17. The summed E-state index contributed by atoms with van der Waals surface area (Å²) < 4.78 is 0. The van der Waals surface area contributed by atoms with E-state index in [1.165, 1.54) is 16.9 Å². The van der Waals surface area contributed by atoms with Crippen molar-refractivity contribution in [2.75, 3.05) is 0 Å². The molecule has 2 heteroatoms. The zero-order valence-electron chi connectivity index (χ0n) is 5.22. The van der Waals surface area contributed by atoms with Gasteiger partial charge in [0.05, 0.1) is 0 Å². The Bertz CT molecular complexity index is 231. The van der Waals surface area contributed by atoms with E-state index in [0.29, 0.717) is 0 Å².